The SMILES string of the molecule is NCCc1cc(F)ccc1N1CCC2(CCCCC2)CC1. The second kappa shape index (κ2) is 6.35. The van der Waals surface area contributed by atoms with Crippen molar-refractivity contribution in [1.82, 2.24) is 0 Å². The molecule has 116 valence electrons. The average Bonchev–Trinajstić information content (AvgIpc) is 2.50. The number of nitrogens with zero attached hydrogens (tertiary/aromatic N) is 1. The molecule has 0 amide bonds. The van der Waals surface area contributed by atoms with Gasteiger partial charge in [0.25, 0.3) is 0 Å². The summed E-state index contributed by atoms with van der Waals surface area (Å²) in [6.07, 6.45) is 10.4. The molecule has 1 saturated heterocycles. The number of hydrogen-bond acceptors (Lipinski definition) is 2. The van der Waals surface area contributed by atoms with E-state index in [1.807, 2.05) is 6.07 Å². The number of piperidine rings is 1. The Balaban J connectivity index is 1.71. The zero-order valence-corrected chi connectivity index (χ0v) is 12.9. The van der Waals surface area contributed by atoms with E-state index in [0.717, 1.165) is 25.1 Å². The molecule has 1 aliphatic carbocycles. The molecule has 0 aromatic heterocycles. The Kier molecular flexibility index (Phi) is 4.48. The predicted molar refractivity (Wildman–Crippen MR) is 86.1 cm³/mol. The molecule has 1 aromatic carbocycles. The molecule has 2 nitrogen and oxygen atoms in total. The van der Waals surface area contributed by atoms with E-state index in [-0.39, 0.29) is 5.82 Å². The van der Waals surface area contributed by atoms with Gasteiger partial charge in [-0.1, -0.05) is 19.3 Å². The second-order valence-corrected chi connectivity index (χ2v) is 6.86. The Hall–Kier alpha value is -1.09. The number of benzene rings is 1. The van der Waals surface area contributed by atoms with E-state index in [9.17, 15) is 4.39 Å². The third kappa shape index (κ3) is 3.23. The van der Waals surface area contributed by atoms with Crippen molar-refractivity contribution in [2.24, 2.45) is 11.1 Å². The first-order valence-corrected chi connectivity index (χ1v) is 8.46. The molecule has 2 aliphatic rings. The summed E-state index contributed by atoms with van der Waals surface area (Å²) in [5, 5.41) is 0. The summed E-state index contributed by atoms with van der Waals surface area (Å²) in [4.78, 5) is 2.45. The molecular formula is C18H27FN2. The zero-order chi connectivity index (χ0) is 14.7. The lowest BCUT2D eigenvalue weighted by molar-refractivity contribution is 0.144. The Morgan fingerprint density at radius 3 is 2.43 bits per heavy atom. The van der Waals surface area contributed by atoms with Crippen LogP contribution >= 0.6 is 0 Å². The van der Waals surface area contributed by atoms with Crippen molar-refractivity contribution in [3.05, 3.63) is 29.6 Å². The third-order valence-electron chi connectivity index (χ3n) is 5.53. The van der Waals surface area contributed by atoms with Crippen LogP contribution in [-0.2, 0) is 6.42 Å². The van der Waals surface area contributed by atoms with Crippen LogP contribution in [0.3, 0.4) is 0 Å². The lowest BCUT2D eigenvalue weighted by Crippen LogP contribution is -2.41. The molecule has 1 aromatic rings. The van der Waals surface area contributed by atoms with Crippen LogP contribution in [0.25, 0.3) is 0 Å². The summed E-state index contributed by atoms with van der Waals surface area (Å²) >= 11 is 0. The fraction of sp³-hybridized carbons (Fsp3) is 0.667. The smallest absolute Gasteiger partial charge is 0.123 e. The molecule has 1 saturated carbocycles. The normalized spacial score (nSPS) is 21.7. The first-order valence-electron chi connectivity index (χ1n) is 8.46. The second-order valence-electron chi connectivity index (χ2n) is 6.86. The molecule has 1 aliphatic heterocycles. The molecule has 0 bridgehead atoms. The fourth-order valence-corrected chi connectivity index (χ4v) is 4.24. The molecule has 3 heteroatoms. The van der Waals surface area contributed by atoms with Gasteiger partial charge < -0.3 is 10.6 Å². The van der Waals surface area contributed by atoms with E-state index < -0.39 is 0 Å². The summed E-state index contributed by atoms with van der Waals surface area (Å²) in [7, 11) is 0. The van der Waals surface area contributed by atoms with Gasteiger partial charge in [-0.15, -0.1) is 0 Å². The summed E-state index contributed by atoms with van der Waals surface area (Å²) in [6, 6.07) is 5.19. The summed E-state index contributed by atoms with van der Waals surface area (Å²) in [5.41, 5.74) is 8.56. The van der Waals surface area contributed by atoms with Gasteiger partial charge in [-0.25, -0.2) is 4.39 Å². The van der Waals surface area contributed by atoms with Crippen LogP contribution in [0.4, 0.5) is 10.1 Å². The highest BCUT2D eigenvalue weighted by atomic mass is 19.1. The highest BCUT2D eigenvalue weighted by molar-refractivity contribution is 5.54. The number of rotatable bonds is 3. The lowest BCUT2D eigenvalue weighted by atomic mass is 9.68. The number of hydrogen-bond donors (Lipinski definition) is 1. The number of halogens is 1. The van der Waals surface area contributed by atoms with Crippen molar-refractivity contribution >= 4 is 5.69 Å². The topological polar surface area (TPSA) is 29.3 Å². The molecule has 3 rings (SSSR count). The Bertz CT molecular complexity index is 470. The molecule has 2 fully saturated rings. The fourth-order valence-electron chi connectivity index (χ4n) is 4.24. The van der Waals surface area contributed by atoms with Gasteiger partial charge in [-0.3, -0.25) is 0 Å². The van der Waals surface area contributed by atoms with Gasteiger partial charge >= 0.3 is 0 Å². The van der Waals surface area contributed by atoms with Crippen LogP contribution < -0.4 is 10.6 Å². The van der Waals surface area contributed by atoms with Crippen LogP contribution in [0.1, 0.15) is 50.5 Å². The van der Waals surface area contributed by atoms with Crippen molar-refractivity contribution in [2.45, 2.75) is 51.4 Å². The maximum atomic E-state index is 13.5. The predicted octanol–water partition coefficient (Wildman–Crippen LogP) is 3.88. The van der Waals surface area contributed by atoms with E-state index >= 15 is 0 Å². The number of anilines is 1. The van der Waals surface area contributed by atoms with Crippen LogP contribution in [-0.4, -0.2) is 19.6 Å². The maximum absolute atomic E-state index is 13.5. The molecular weight excluding hydrogens is 263 g/mol. The van der Waals surface area contributed by atoms with E-state index in [1.54, 1.807) is 12.1 Å². The van der Waals surface area contributed by atoms with Crippen molar-refractivity contribution in [2.75, 3.05) is 24.5 Å². The van der Waals surface area contributed by atoms with E-state index in [4.69, 9.17) is 5.73 Å². The maximum Gasteiger partial charge on any atom is 0.123 e. The van der Waals surface area contributed by atoms with Gasteiger partial charge in [0.1, 0.15) is 5.82 Å². The van der Waals surface area contributed by atoms with Crippen LogP contribution in [0, 0.1) is 11.2 Å². The summed E-state index contributed by atoms with van der Waals surface area (Å²) in [5.74, 6) is -0.150. The monoisotopic (exact) mass is 290 g/mol. The van der Waals surface area contributed by atoms with Crippen LogP contribution in [0.2, 0.25) is 0 Å². The van der Waals surface area contributed by atoms with E-state index in [0.29, 0.717) is 12.0 Å². The van der Waals surface area contributed by atoms with Gasteiger partial charge in [0.15, 0.2) is 0 Å². The molecule has 21 heavy (non-hydrogen) atoms. The zero-order valence-electron chi connectivity index (χ0n) is 12.9. The standard InChI is InChI=1S/C18H27FN2/c19-16-4-5-17(15(14-16)6-11-20)21-12-9-18(10-13-21)7-2-1-3-8-18/h4-5,14H,1-3,6-13,20H2. The lowest BCUT2D eigenvalue weighted by Gasteiger charge is -2.45. The van der Waals surface area contributed by atoms with Gasteiger partial charge in [-0.2, -0.15) is 0 Å². The average molecular weight is 290 g/mol. The Labute approximate surface area is 127 Å². The van der Waals surface area contributed by atoms with Crippen molar-refractivity contribution < 1.29 is 4.39 Å². The van der Waals surface area contributed by atoms with Gasteiger partial charge in [-0.05, 0) is 67.8 Å². The van der Waals surface area contributed by atoms with E-state index in [1.165, 1.54) is 50.6 Å². The minimum Gasteiger partial charge on any atom is -0.371 e. The van der Waals surface area contributed by atoms with Gasteiger partial charge in [0.05, 0.1) is 0 Å². The van der Waals surface area contributed by atoms with Crippen molar-refractivity contribution in [1.29, 1.82) is 0 Å². The molecule has 1 heterocycles. The molecule has 0 atom stereocenters. The summed E-state index contributed by atoms with van der Waals surface area (Å²) in [6.45, 7) is 2.81. The highest BCUT2D eigenvalue weighted by Crippen LogP contribution is 2.45. The Morgan fingerprint density at radius 1 is 1.05 bits per heavy atom. The van der Waals surface area contributed by atoms with Crippen molar-refractivity contribution in [3.8, 4) is 0 Å². The Morgan fingerprint density at radius 2 is 1.76 bits per heavy atom. The van der Waals surface area contributed by atoms with Gasteiger partial charge in [0, 0.05) is 18.8 Å². The summed E-state index contributed by atoms with van der Waals surface area (Å²) < 4.78 is 13.5. The first kappa shape index (κ1) is 14.8. The van der Waals surface area contributed by atoms with E-state index in [2.05, 4.69) is 4.90 Å². The first-order chi connectivity index (χ1) is 10.2. The van der Waals surface area contributed by atoms with Gasteiger partial charge in [0.2, 0.25) is 0 Å². The van der Waals surface area contributed by atoms with Crippen molar-refractivity contribution in [3.63, 3.8) is 0 Å². The highest BCUT2D eigenvalue weighted by Gasteiger charge is 2.35. The quantitative estimate of drug-likeness (QED) is 0.915. The molecule has 1 spiro atoms. The molecule has 0 radical (unpaired) electrons. The minimum atomic E-state index is -0.150. The molecule has 0 unspecified atom stereocenters. The molecule has 2 N–H and O–H groups in total. The largest absolute Gasteiger partial charge is 0.371 e. The minimum absolute atomic E-state index is 0.150. The van der Waals surface area contributed by atoms with Crippen LogP contribution in [0.5, 0.6) is 0 Å². The third-order valence-corrected chi connectivity index (χ3v) is 5.53. The number of nitrogens with two attached hydrogens (primary N) is 1. The van der Waals surface area contributed by atoms with Crippen LogP contribution in [0.15, 0.2) is 18.2 Å².